The van der Waals surface area contributed by atoms with E-state index in [9.17, 15) is 0 Å². The molecule has 7 rings (SSSR count). The number of aryl methyl sites for hydroxylation is 1. The number of hydrogen-bond donors (Lipinski definition) is 0. The maximum absolute atomic E-state index is 6.51. The topological polar surface area (TPSA) is 88.6 Å². The Kier molecular flexibility index (Phi) is 5.29. The summed E-state index contributed by atoms with van der Waals surface area (Å²) in [4.78, 5) is 9.67. The third-order valence-corrected chi connectivity index (χ3v) is 7.02. The molecule has 39 heavy (non-hydrogen) atoms. The van der Waals surface area contributed by atoms with Crippen molar-refractivity contribution in [3.05, 3.63) is 108 Å². The molecule has 0 N–H and O–H groups in total. The van der Waals surface area contributed by atoms with Crippen molar-refractivity contribution in [2.75, 3.05) is 14.2 Å². The molecule has 0 spiro atoms. The highest BCUT2D eigenvalue weighted by Gasteiger charge is 2.38. The number of benzene rings is 3. The van der Waals surface area contributed by atoms with Gasteiger partial charge in [0.05, 0.1) is 48.2 Å². The molecule has 9 nitrogen and oxygen atoms in total. The Morgan fingerprint density at radius 3 is 2.36 bits per heavy atom. The van der Waals surface area contributed by atoms with Gasteiger partial charge >= 0.3 is 0 Å². The molecule has 6 aromatic rings. The molecule has 4 heterocycles. The summed E-state index contributed by atoms with van der Waals surface area (Å²) in [6, 6.07) is 25.7. The average Bonchev–Trinajstić information content (AvgIpc) is 3.57. The second kappa shape index (κ2) is 8.98. The molecule has 3 aromatic carbocycles. The number of fused-ring (bicyclic) bond motifs is 4. The van der Waals surface area contributed by atoms with Crippen LogP contribution in [0.25, 0.3) is 22.7 Å². The number of aromatic nitrogens is 6. The lowest BCUT2D eigenvalue weighted by atomic mass is 9.84. The van der Waals surface area contributed by atoms with E-state index in [2.05, 4.69) is 12.1 Å². The molecule has 3 aromatic heterocycles. The molecule has 0 unspecified atom stereocenters. The molecule has 1 atom stereocenters. The van der Waals surface area contributed by atoms with Crippen LogP contribution in [0.3, 0.4) is 0 Å². The summed E-state index contributed by atoms with van der Waals surface area (Å²) in [5.74, 6) is 2.86. The normalized spacial score (nSPS) is 14.0. The van der Waals surface area contributed by atoms with Crippen LogP contribution in [0.5, 0.6) is 23.3 Å². The molecule has 0 bridgehead atoms. The zero-order chi connectivity index (χ0) is 26.5. The number of hydrogen-bond acceptors (Lipinski definition) is 7. The van der Waals surface area contributed by atoms with E-state index in [4.69, 9.17) is 34.4 Å². The fourth-order valence-corrected chi connectivity index (χ4v) is 5.20. The first-order valence-electron chi connectivity index (χ1n) is 12.5. The van der Waals surface area contributed by atoms with Gasteiger partial charge in [0.15, 0.2) is 11.5 Å². The predicted molar refractivity (Wildman–Crippen MR) is 145 cm³/mol. The van der Waals surface area contributed by atoms with E-state index < -0.39 is 0 Å². The van der Waals surface area contributed by atoms with Crippen LogP contribution >= 0.6 is 0 Å². The van der Waals surface area contributed by atoms with Crippen LogP contribution in [0.15, 0.2) is 85.2 Å². The van der Waals surface area contributed by atoms with E-state index in [1.54, 1.807) is 25.1 Å². The molecule has 0 aliphatic carbocycles. The zero-order valence-electron chi connectivity index (χ0n) is 21.6. The summed E-state index contributed by atoms with van der Waals surface area (Å²) >= 11 is 0. The van der Waals surface area contributed by atoms with Gasteiger partial charge in [0.1, 0.15) is 17.8 Å². The SMILES string of the molecule is COc1ccc([C@@H]2c3c(C)nn(-c4ccccc4)c3Oc3ncn4nc(-c5ccccc5OC)nc4c32)cc1. The van der Waals surface area contributed by atoms with Crippen LogP contribution in [0.1, 0.15) is 28.3 Å². The van der Waals surface area contributed by atoms with Crippen LogP contribution in [0.2, 0.25) is 0 Å². The van der Waals surface area contributed by atoms with Crippen LogP contribution in [0.4, 0.5) is 0 Å². The summed E-state index contributed by atoms with van der Waals surface area (Å²) in [5, 5.41) is 9.64. The lowest BCUT2D eigenvalue weighted by Gasteiger charge is -2.26. The van der Waals surface area contributed by atoms with Crippen LogP contribution in [-0.4, -0.2) is 43.6 Å². The van der Waals surface area contributed by atoms with E-state index in [0.29, 0.717) is 29.0 Å². The lowest BCUT2D eigenvalue weighted by Crippen LogP contribution is -2.16. The lowest BCUT2D eigenvalue weighted by molar-refractivity contribution is 0.402. The number of methoxy groups -OCH3 is 2. The van der Waals surface area contributed by atoms with Gasteiger partial charge in [-0.15, -0.1) is 5.10 Å². The Morgan fingerprint density at radius 2 is 1.59 bits per heavy atom. The van der Waals surface area contributed by atoms with E-state index in [-0.39, 0.29) is 5.92 Å². The number of nitrogens with zero attached hydrogens (tertiary/aromatic N) is 6. The Balaban J connectivity index is 1.48. The maximum Gasteiger partial charge on any atom is 0.230 e. The van der Waals surface area contributed by atoms with E-state index in [0.717, 1.165) is 39.4 Å². The molecule has 1 aliphatic rings. The fourth-order valence-electron chi connectivity index (χ4n) is 5.20. The third kappa shape index (κ3) is 3.62. The Labute approximate surface area is 224 Å². The van der Waals surface area contributed by atoms with Crippen molar-refractivity contribution in [1.82, 2.24) is 29.4 Å². The highest BCUT2D eigenvalue weighted by molar-refractivity contribution is 5.71. The minimum Gasteiger partial charge on any atom is -0.497 e. The maximum atomic E-state index is 6.51. The Bertz CT molecular complexity index is 1830. The van der Waals surface area contributed by atoms with Crippen molar-refractivity contribution >= 4 is 5.65 Å². The van der Waals surface area contributed by atoms with Gasteiger partial charge in [0.2, 0.25) is 11.8 Å². The second-order valence-electron chi connectivity index (χ2n) is 9.23. The van der Waals surface area contributed by atoms with Crippen LogP contribution in [0, 0.1) is 6.92 Å². The minimum absolute atomic E-state index is 0.252. The van der Waals surface area contributed by atoms with Gasteiger partial charge in [-0.05, 0) is 48.9 Å². The molecular formula is C30H24N6O3. The number of ether oxygens (including phenoxy) is 3. The van der Waals surface area contributed by atoms with Crippen LogP contribution < -0.4 is 14.2 Å². The first-order chi connectivity index (χ1) is 19.2. The van der Waals surface area contributed by atoms with E-state index in [1.807, 2.05) is 78.3 Å². The third-order valence-electron chi connectivity index (χ3n) is 7.02. The standard InChI is InChI=1S/C30H24N6O3/c1-18-24-25(19-13-15-21(37-2)16-14-19)26-28-32-27(22-11-7-8-12-23(22)38-3)34-35(28)17-31-29(26)39-30(24)36(33-18)20-9-5-4-6-10-20/h4-17,25H,1-3H3/t25-/m1/s1. The van der Waals surface area contributed by atoms with Gasteiger partial charge in [0, 0.05) is 0 Å². The highest BCUT2D eigenvalue weighted by atomic mass is 16.5. The Hall–Kier alpha value is -5.18. The van der Waals surface area contributed by atoms with Crippen molar-refractivity contribution in [3.63, 3.8) is 0 Å². The summed E-state index contributed by atoms with van der Waals surface area (Å²) in [7, 11) is 3.30. The first-order valence-corrected chi connectivity index (χ1v) is 12.5. The number of para-hydroxylation sites is 2. The summed E-state index contributed by atoms with van der Waals surface area (Å²) in [6.07, 6.45) is 1.63. The van der Waals surface area contributed by atoms with Crippen molar-refractivity contribution in [1.29, 1.82) is 0 Å². The van der Waals surface area contributed by atoms with Crippen molar-refractivity contribution in [2.45, 2.75) is 12.8 Å². The molecular weight excluding hydrogens is 492 g/mol. The van der Waals surface area contributed by atoms with Crippen LogP contribution in [-0.2, 0) is 0 Å². The second-order valence-corrected chi connectivity index (χ2v) is 9.23. The summed E-state index contributed by atoms with van der Waals surface area (Å²) in [6.45, 7) is 2.00. The molecule has 0 saturated carbocycles. The highest BCUT2D eigenvalue weighted by Crippen LogP contribution is 2.50. The van der Waals surface area contributed by atoms with Gasteiger partial charge in [-0.25, -0.2) is 19.2 Å². The molecule has 192 valence electrons. The summed E-state index contributed by atoms with van der Waals surface area (Å²) in [5.41, 5.74) is 6.01. The molecule has 0 saturated heterocycles. The summed E-state index contributed by atoms with van der Waals surface area (Å²) < 4.78 is 21.0. The molecule has 0 amide bonds. The van der Waals surface area contributed by atoms with Gasteiger partial charge in [-0.2, -0.15) is 5.10 Å². The van der Waals surface area contributed by atoms with E-state index in [1.165, 1.54) is 0 Å². The minimum atomic E-state index is -0.252. The largest absolute Gasteiger partial charge is 0.497 e. The average molecular weight is 517 g/mol. The molecule has 0 radical (unpaired) electrons. The monoisotopic (exact) mass is 516 g/mol. The number of rotatable bonds is 5. The van der Waals surface area contributed by atoms with Gasteiger partial charge in [-0.3, -0.25) is 0 Å². The molecule has 0 fully saturated rings. The predicted octanol–water partition coefficient (Wildman–Crippen LogP) is 5.59. The fraction of sp³-hybridized carbons (Fsp3) is 0.133. The molecule has 9 heteroatoms. The van der Waals surface area contributed by atoms with Crippen molar-refractivity contribution < 1.29 is 14.2 Å². The van der Waals surface area contributed by atoms with E-state index >= 15 is 0 Å². The van der Waals surface area contributed by atoms with Crippen molar-refractivity contribution in [2.24, 2.45) is 0 Å². The molecule has 1 aliphatic heterocycles. The zero-order valence-corrected chi connectivity index (χ0v) is 21.6. The van der Waals surface area contributed by atoms with Gasteiger partial charge in [-0.1, -0.05) is 42.5 Å². The van der Waals surface area contributed by atoms with Gasteiger partial charge < -0.3 is 14.2 Å². The van der Waals surface area contributed by atoms with Crippen molar-refractivity contribution in [3.8, 4) is 40.3 Å². The first kappa shape index (κ1) is 23.0. The smallest absolute Gasteiger partial charge is 0.230 e. The van der Waals surface area contributed by atoms with Gasteiger partial charge in [0.25, 0.3) is 0 Å². The quantitative estimate of drug-likeness (QED) is 0.295. The Morgan fingerprint density at radius 1 is 0.821 bits per heavy atom.